The molecule has 0 unspecified atom stereocenters. The van der Waals surface area contributed by atoms with Crippen LogP contribution in [-0.4, -0.2) is 38.8 Å². The molecule has 2 atom stereocenters. The van der Waals surface area contributed by atoms with E-state index in [1.54, 1.807) is 31.4 Å². The third-order valence-corrected chi connectivity index (χ3v) is 7.26. The largest absolute Gasteiger partial charge is 0.496 e. The Morgan fingerprint density at radius 3 is 2.55 bits per heavy atom. The van der Waals surface area contributed by atoms with E-state index in [0.29, 0.717) is 25.1 Å². The van der Waals surface area contributed by atoms with Gasteiger partial charge in [-0.05, 0) is 44.9 Å². The van der Waals surface area contributed by atoms with Crippen molar-refractivity contribution < 1.29 is 17.9 Å². The number of methoxy groups -OCH3 is 1. The van der Waals surface area contributed by atoms with Crippen molar-refractivity contribution in [3.8, 4) is 5.75 Å². The van der Waals surface area contributed by atoms with Crippen molar-refractivity contribution in [2.24, 2.45) is 5.92 Å². The number of carbonyl (C=O) groups is 1. The van der Waals surface area contributed by atoms with Gasteiger partial charge in [-0.3, -0.25) is 4.79 Å². The van der Waals surface area contributed by atoms with E-state index in [4.69, 9.17) is 4.74 Å². The van der Waals surface area contributed by atoms with Crippen molar-refractivity contribution in [3.63, 3.8) is 0 Å². The predicted molar refractivity (Wildman–Crippen MR) is 112 cm³/mol. The fraction of sp³-hybridized carbons (Fsp3) is 0.409. The van der Waals surface area contributed by atoms with Gasteiger partial charge in [-0.1, -0.05) is 35.9 Å². The van der Waals surface area contributed by atoms with E-state index in [1.165, 1.54) is 4.31 Å². The molecule has 1 N–H and O–H groups in total. The first-order valence-corrected chi connectivity index (χ1v) is 11.3. The molecule has 0 spiro atoms. The van der Waals surface area contributed by atoms with Crippen LogP contribution in [0.15, 0.2) is 53.4 Å². The molecule has 2 aromatic carbocycles. The van der Waals surface area contributed by atoms with Crippen molar-refractivity contribution in [2.45, 2.75) is 37.6 Å². The first kappa shape index (κ1) is 21.3. The summed E-state index contributed by atoms with van der Waals surface area (Å²) >= 11 is 0. The summed E-state index contributed by atoms with van der Waals surface area (Å²) in [6.07, 6.45) is 1.33. The molecule has 1 saturated heterocycles. The molecule has 1 aliphatic heterocycles. The second-order valence-electron chi connectivity index (χ2n) is 7.49. The van der Waals surface area contributed by atoms with Crippen LogP contribution in [-0.2, 0) is 14.8 Å². The Hall–Kier alpha value is -2.38. The summed E-state index contributed by atoms with van der Waals surface area (Å²) in [7, 11) is -2.00. The van der Waals surface area contributed by atoms with E-state index in [0.717, 1.165) is 11.1 Å². The number of hydrogen-bond donors (Lipinski definition) is 1. The lowest BCUT2D eigenvalue weighted by Gasteiger charge is -2.32. The predicted octanol–water partition coefficient (Wildman–Crippen LogP) is 3.28. The standard InChI is InChI=1S/C22H28N2O4S/c1-16-10-12-19(13-11-16)29(26,27)24-14-6-7-18(15-24)22(25)23-17(2)20-8-4-5-9-21(20)28-3/h4-5,8-13,17-18H,6-7,14-15H2,1-3H3,(H,23,25)/t17-,18-/m0/s1. The highest BCUT2D eigenvalue weighted by Crippen LogP contribution is 2.27. The van der Waals surface area contributed by atoms with Crippen molar-refractivity contribution in [2.75, 3.05) is 20.2 Å². The number of nitrogens with zero attached hydrogens (tertiary/aromatic N) is 1. The molecule has 0 bridgehead atoms. The minimum absolute atomic E-state index is 0.132. The first-order valence-electron chi connectivity index (χ1n) is 9.83. The van der Waals surface area contributed by atoms with Crippen LogP contribution in [0.1, 0.15) is 36.9 Å². The molecule has 7 heteroatoms. The van der Waals surface area contributed by atoms with Crippen LogP contribution in [0.5, 0.6) is 5.75 Å². The maximum Gasteiger partial charge on any atom is 0.243 e. The number of amides is 1. The number of nitrogens with one attached hydrogen (secondary N) is 1. The number of hydrogen-bond acceptors (Lipinski definition) is 4. The number of sulfonamides is 1. The van der Waals surface area contributed by atoms with E-state index in [1.807, 2.05) is 38.1 Å². The van der Waals surface area contributed by atoms with Crippen LogP contribution in [0.2, 0.25) is 0 Å². The van der Waals surface area contributed by atoms with E-state index in [9.17, 15) is 13.2 Å². The molecule has 6 nitrogen and oxygen atoms in total. The molecule has 1 fully saturated rings. The topological polar surface area (TPSA) is 75.7 Å². The fourth-order valence-electron chi connectivity index (χ4n) is 3.67. The molecule has 1 heterocycles. The molecule has 156 valence electrons. The quantitative estimate of drug-likeness (QED) is 0.784. The van der Waals surface area contributed by atoms with Crippen LogP contribution in [0, 0.1) is 12.8 Å². The summed E-state index contributed by atoms with van der Waals surface area (Å²) in [5, 5.41) is 3.02. The molecule has 2 aromatic rings. The zero-order valence-electron chi connectivity index (χ0n) is 17.1. The van der Waals surface area contributed by atoms with Crippen LogP contribution in [0.4, 0.5) is 0 Å². The number of para-hydroxylation sites is 1. The molecule has 1 amide bonds. The molecular formula is C22H28N2O4S. The number of piperidine rings is 1. The lowest BCUT2D eigenvalue weighted by molar-refractivity contribution is -0.126. The summed E-state index contributed by atoms with van der Waals surface area (Å²) < 4.78 is 32.7. The van der Waals surface area contributed by atoms with Gasteiger partial charge in [0.1, 0.15) is 5.75 Å². The highest BCUT2D eigenvalue weighted by molar-refractivity contribution is 7.89. The Labute approximate surface area is 172 Å². The number of rotatable bonds is 6. The summed E-state index contributed by atoms with van der Waals surface area (Å²) in [5.74, 6) is 0.209. The smallest absolute Gasteiger partial charge is 0.243 e. The molecule has 0 aliphatic carbocycles. The minimum Gasteiger partial charge on any atom is -0.496 e. The lowest BCUT2D eigenvalue weighted by atomic mass is 9.97. The van der Waals surface area contributed by atoms with Crippen molar-refractivity contribution >= 4 is 15.9 Å². The molecular weight excluding hydrogens is 388 g/mol. The van der Waals surface area contributed by atoms with Crippen molar-refractivity contribution in [1.82, 2.24) is 9.62 Å². The maximum absolute atomic E-state index is 13.0. The molecule has 0 aromatic heterocycles. The van der Waals surface area contributed by atoms with Crippen LogP contribution >= 0.6 is 0 Å². The molecule has 1 aliphatic rings. The molecule has 3 rings (SSSR count). The second kappa shape index (κ2) is 8.97. The first-order chi connectivity index (χ1) is 13.8. The van der Waals surface area contributed by atoms with Crippen molar-refractivity contribution in [1.29, 1.82) is 0 Å². The fourth-order valence-corrected chi connectivity index (χ4v) is 5.19. The van der Waals surface area contributed by atoms with E-state index < -0.39 is 10.0 Å². The van der Waals surface area contributed by atoms with Crippen LogP contribution in [0.3, 0.4) is 0 Å². The Balaban J connectivity index is 1.70. The number of carbonyl (C=O) groups excluding carboxylic acids is 1. The Kier molecular flexibility index (Phi) is 6.59. The highest BCUT2D eigenvalue weighted by Gasteiger charge is 2.33. The van der Waals surface area contributed by atoms with E-state index in [-0.39, 0.29) is 29.3 Å². The van der Waals surface area contributed by atoms with Gasteiger partial charge in [0.05, 0.1) is 24.0 Å². The minimum atomic E-state index is -3.60. The van der Waals surface area contributed by atoms with E-state index in [2.05, 4.69) is 5.32 Å². The summed E-state index contributed by atoms with van der Waals surface area (Å²) in [6.45, 7) is 4.45. The van der Waals surface area contributed by atoms with Crippen LogP contribution < -0.4 is 10.1 Å². The third kappa shape index (κ3) is 4.79. The zero-order valence-corrected chi connectivity index (χ0v) is 17.9. The lowest BCUT2D eigenvalue weighted by Crippen LogP contribution is -2.45. The average molecular weight is 417 g/mol. The summed E-state index contributed by atoms with van der Waals surface area (Å²) in [5.41, 5.74) is 1.90. The van der Waals surface area contributed by atoms with Gasteiger partial charge in [0.2, 0.25) is 15.9 Å². The van der Waals surface area contributed by atoms with Gasteiger partial charge >= 0.3 is 0 Å². The monoisotopic (exact) mass is 416 g/mol. The Morgan fingerprint density at radius 1 is 1.17 bits per heavy atom. The summed E-state index contributed by atoms with van der Waals surface area (Å²) in [4.78, 5) is 13.1. The highest BCUT2D eigenvalue weighted by atomic mass is 32.2. The van der Waals surface area contributed by atoms with Gasteiger partial charge in [0.25, 0.3) is 0 Å². The van der Waals surface area contributed by atoms with Crippen LogP contribution in [0.25, 0.3) is 0 Å². The van der Waals surface area contributed by atoms with E-state index >= 15 is 0 Å². The average Bonchev–Trinajstić information content (AvgIpc) is 2.74. The van der Waals surface area contributed by atoms with Gasteiger partial charge in [0, 0.05) is 18.7 Å². The summed E-state index contributed by atoms with van der Waals surface area (Å²) in [6, 6.07) is 14.1. The van der Waals surface area contributed by atoms with Gasteiger partial charge in [0.15, 0.2) is 0 Å². The second-order valence-corrected chi connectivity index (χ2v) is 9.43. The zero-order chi connectivity index (χ0) is 21.0. The van der Waals surface area contributed by atoms with Gasteiger partial charge in [-0.2, -0.15) is 4.31 Å². The van der Waals surface area contributed by atoms with Gasteiger partial charge < -0.3 is 10.1 Å². The van der Waals surface area contributed by atoms with Gasteiger partial charge in [-0.15, -0.1) is 0 Å². The van der Waals surface area contributed by atoms with Crippen molar-refractivity contribution in [3.05, 3.63) is 59.7 Å². The Morgan fingerprint density at radius 2 is 1.86 bits per heavy atom. The molecule has 0 radical (unpaired) electrons. The van der Waals surface area contributed by atoms with Gasteiger partial charge in [-0.25, -0.2) is 8.42 Å². The maximum atomic E-state index is 13.0. The number of ether oxygens (including phenoxy) is 1. The Bertz CT molecular complexity index is 957. The molecule has 0 saturated carbocycles. The normalized spacial score (nSPS) is 18.8. The SMILES string of the molecule is COc1ccccc1[C@H](C)NC(=O)[C@H]1CCCN(S(=O)(=O)c2ccc(C)cc2)C1. The number of aryl methyl sites for hydroxylation is 1. The third-order valence-electron chi connectivity index (χ3n) is 5.38. The molecule has 29 heavy (non-hydrogen) atoms. The number of benzene rings is 2.